The third-order valence-corrected chi connectivity index (χ3v) is 4.24. The van der Waals surface area contributed by atoms with Crippen LogP contribution in [0.5, 0.6) is 0 Å². The Morgan fingerprint density at radius 1 is 1.50 bits per heavy atom. The highest BCUT2D eigenvalue weighted by Crippen LogP contribution is 2.28. The molecule has 0 saturated carbocycles. The van der Waals surface area contributed by atoms with Crippen LogP contribution in [0.3, 0.4) is 0 Å². The molecule has 1 aromatic rings. The zero-order valence-corrected chi connectivity index (χ0v) is 10.6. The maximum absolute atomic E-state index is 5.88. The second-order valence-electron chi connectivity index (χ2n) is 4.24. The van der Waals surface area contributed by atoms with E-state index in [1.807, 2.05) is 23.9 Å². The molecule has 1 aliphatic heterocycles. The summed E-state index contributed by atoms with van der Waals surface area (Å²) in [6, 6.07) is 6.13. The molecule has 1 unspecified atom stereocenters. The van der Waals surface area contributed by atoms with Gasteiger partial charge in [-0.15, -0.1) is 11.8 Å². The minimum absolute atomic E-state index is 0.494. The highest BCUT2D eigenvalue weighted by molar-refractivity contribution is 7.99. The fourth-order valence-electron chi connectivity index (χ4n) is 1.96. The number of anilines is 1. The molecule has 0 bridgehead atoms. The van der Waals surface area contributed by atoms with Gasteiger partial charge in [0.15, 0.2) is 0 Å². The van der Waals surface area contributed by atoms with Gasteiger partial charge in [0, 0.05) is 22.9 Å². The van der Waals surface area contributed by atoms with Gasteiger partial charge >= 0.3 is 0 Å². The smallest absolute Gasteiger partial charge is 0.0584 e. The Balaban J connectivity index is 1.82. The number of thioether (sulfide) groups is 1. The molecular formula is C13H19NOS. The van der Waals surface area contributed by atoms with Crippen LogP contribution in [0, 0.1) is 6.92 Å². The Kier molecular flexibility index (Phi) is 4.13. The van der Waals surface area contributed by atoms with Crippen LogP contribution in [-0.2, 0) is 4.74 Å². The molecule has 0 amide bonds. The normalized spacial score (nSPS) is 20.2. The Bertz CT molecular complexity index is 348. The minimum atomic E-state index is 0.494. The molecule has 2 N–H and O–H groups in total. The van der Waals surface area contributed by atoms with Gasteiger partial charge in [-0.05, 0) is 43.9 Å². The van der Waals surface area contributed by atoms with Gasteiger partial charge in [0.2, 0.25) is 0 Å². The van der Waals surface area contributed by atoms with Crippen molar-refractivity contribution >= 4 is 17.4 Å². The number of ether oxygens (including phenoxy) is 1. The van der Waals surface area contributed by atoms with Crippen LogP contribution in [0.2, 0.25) is 0 Å². The molecule has 16 heavy (non-hydrogen) atoms. The van der Waals surface area contributed by atoms with E-state index >= 15 is 0 Å². The van der Waals surface area contributed by atoms with Crippen molar-refractivity contribution in [1.29, 1.82) is 0 Å². The molecule has 1 saturated heterocycles. The monoisotopic (exact) mass is 237 g/mol. The van der Waals surface area contributed by atoms with Gasteiger partial charge < -0.3 is 10.5 Å². The molecule has 0 aliphatic carbocycles. The molecule has 0 aromatic heterocycles. The molecule has 0 spiro atoms. The lowest BCUT2D eigenvalue weighted by Gasteiger charge is -2.10. The minimum Gasteiger partial charge on any atom is -0.398 e. The predicted octanol–water partition coefficient (Wildman–Crippen LogP) is 3.24. The number of hydrogen-bond donors (Lipinski definition) is 1. The average Bonchev–Trinajstić information content (AvgIpc) is 2.77. The maximum Gasteiger partial charge on any atom is 0.0584 e. The summed E-state index contributed by atoms with van der Waals surface area (Å²) < 4.78 is 5.61. The summed E-state index contributed by atoms with van der Waals surface area (Å²) in [5.74, 6) is 1.12. The number of rotatable bonds is 4. The Morgan fingerprint density at radius 3 is 3.12 bits per heavy atom. The van der Waals surface area contributed by atoms with Crippen molar-refractivity contribution in [1.82, 2.24) is 0 Å². The Morgan fingerprint density at radius 2 is 2.38 bits per heavy atom. The van der Waals surface area contributed by atoms with Crippen LogP contribution in [0.1, 0.15) is 24.8 Å². The molecule has 1 heterocycles. The van der Waals surface area contributed by atoms with E-state index in [1.54, 1.807) is 0 Å². The summed E-state index contributed by atoms with van der Waals surface area (Å²) in [6.45, 7) is 3.04. The second-order valence-corrected chi connectivity index (χ2v) is 5.38. The first-order valence-electron chi connectivity index (χ1n) is 5.87. The lowest BCUT2D eigenvalue weighted by Crippen LogP contribution is -2.05. The van der Waals surface area contributed by atoms with E-state index in [2.05, 4.69) is 13.0 Å². The number of nitrogen functional groups attached to an aromatic ring is 1. The summed E-state index contributed by atoms with van der Waals surface area (Å²) in [6.07, 6.45) is 4.11. The largest absolute Gasteiger partial charge is 0.398 e. The lowest BCUT2D eigenvalue weighted by atomic mass is 10.2. The van der Waals surface area contributed by atoms with E-state index in [4.69, 9.17) is 10.5 Å². The second kappa shape index (κ2) is 5.60. The molecule has 2 rings (SSSR count). The van der Waals surface area contributed by atoms with Crippen molar-refractivity contribution in [3.63, 3.8) is 0 Å². The summed E-state index contributed by atoms with van der Waals surface area (Å²) in [7, 11) is 0. The summed E-state index contributed by atoms with van der Waals surface area (Å²) in [4.78, 5) is 1.30. The average molecular weight is 237 g/mol. The van der Waals surface area contributed by atoms with Crippen LogP contribution >= 0.6 is 11.8 Å². The molecule has 1 aliphatic rings. The fraction of sp³-hybridized carbons (Fsp3) is 0.538. The zero-order chi connectivity index (χ0) is 11.4. The van der Waals surface area contributed by atoms with Gasteiger partial charge in [0.1, 0.15) is 0 Å². The van der Waals surface area contributed by atoms with E-state index in [0.29, 0.717) is 6.10 Å². The van der Waals surface area contributed by atoms with Gasteiger partial charge in [-0.25, -0.2) is 0 Å². The van der Waals surface area contributed by atoms with Crippen LogP contribution in [0.25, 0.3) is 0 Å². The van der Waals surface area contributed by atoms with Gasteiger partial charge in [0.05, 0.1) is 6.10 Å². The quantitative estimate of drug-likeness (QED) is 0.645. The van der Waals surface area contributed by atoms with Crippen molar-refractivity contribution in [2.45, 2.75) is 37.2 Å². The molecule has 2 nitrogen and oxygen atoms in total. The Hall–Kier alpha value is -0.670. The first-order chi connectivity index (χ1) is 7.77. The van der Waals surface area contributed by atoms with E-state index in [1.165, 1.54) is 23.3 Å². The summed E-state index contributed by atoms with van der Waals surface area (Å²) >= 11 is 1.89. The van der Waals surface area contributed by atoms with Gasteiger partial charge in [-0.3, -0.25) is 0 Å². The number of benzene rings is 1. The molecular weight excluding hydrogens is 218 g/mol. The molecule has 1 aromatic carbocycles. The van der Waals surface area contributed by atoms with Crippen molar-refractivity contribution in [2.24, 2.45) is 0 Å². The van der Waals surface area contributed by atoms with Crippen LogP contribution in [0.4, 0.5) is 5.69 Å². The van der Waals surface area contributed by atoms with Crippen LogP contribution < -0.4 is 5.73 Å². The van der Waals surface area contributed by atoms with E-state index < -0.39 is 0 Å². The third-order valence-electron chi connectivity index (χ3n) is 3.05. The molecule has 3 heteroatoms. The fourth-order valence-corrected chi connectivity index (χ4v) is 3.07. The summed E-state index contributed by atoms with van der Waals surface area (Å²) in [5, 5.41) is 0. The van der Waals surface area contributed by atoms with Crippen LogP contribution in [0.15, 0.2) is 23.1 Å². The van der Waals surface area contributed by atoms with Gasteiger partial charge in [0.25, 0.3) is 0 Å². The van der Waals surface area contributed by atoms with Gasteiger partial charge in [-0.2, -0.15) is 0 Å². The lowest BCUT2D eigenvalue weighted by molar-refractivity contribution is 0.109. The van der Waals surface area contributed by atoms with Crippen molar-refractivity contribution in [2.75, 3.05) is 18.1 Å². The van der Waals surface area contributed by atoms with Crippen molar-refractivity contribution < 1.29 is 4.74 Å². The highest BCUT2D eigenvalue weighted by Gasteiger charge is 2.15. The standard InChI is InChI=1S/C13H19NOS/c1-10-12(14)5-2-6-13(10)16-9-7-11-4-3-8-15-11/h2,5-6,11H,3-4,7-9,14H2,1H3. The first-order valence-corrected chi connectivity index (χ1v) is 6.85. The maximum atomic E-state index is 5.88. The van der Waals surface area contributed by atoms with Gasteiger partial charge in [-0.1, -0.05) is 6.07 Å². The SMILES string of the molecule is Cc1c(N)cccc1SCCC1CCCO1. The highest BCUT2D eigenvalue weighted by atomic mass is 32.2. The van der Waals surface area contributed by atoms with E-state index in [0.717, 1.165) is 24.5 Å². The van der Waals surface area contributed by atoms with E-state index in [9.17, 15) is 0 Å². The molecule has 1 fully saturated rings. The molecule has 1 atom stereocenters. The zero-order valence-electron chi connectivity index (χ0n) is 9.74. The topological polar surface area (TPSA) is 35.2 Å². The van der Waals surface area contributed by atoms with Crippen molar-refractivity contribution in [3.05, 3.63) is 23.8 Å². The van der Waals surface area contributed by atoms with Crippen LogP contribution in [-0.4, -0.2) is 18.5 Å². The summed E-state index contributed by atoms with van der Waals surface area (Å²) in [5.41, 5.74) is 7.98. The first kappa shape index (κ1) is 11.8. The number of nitrogens with two attached hydrogens (primary N) is 1. The predicted molar refractivity (Wildman–Crippen MR) is 69.9 cm³/mol. The molecule has 0 radical (unpaired) electrons. The number of hydrogen-bond acceptors (Lipinski definition) is 3. The third kappa shape index (κ3) is 2.92. The Labute approximate surface area is 102 Å². The van der Waals surface area contributed by atoms with Crippen molar-refractivity contribution in [3.8, 4) is 0 Å². The molecule has 88 valence electrons. The van der Waals surface area contributed by atoms with E-state index in [-0.39, 0.29) is 0 Å².